The highest BCUT2D eigenvalue weighted by atomic mass is 16.5. The first-order valence-corrected chi connectivity index (χ1v) is 13.1. The van der Waals surface area contributed by atoms with Crippen LogP contribution in [0, 0.1) is 11.8 Å². The zero-order chi connectivity index (χ0) is 28.7. The lowest BCUT2D eigenvalue weighted by Gasteiger charge is -2.08. The van der Waals surface area contributed by atoms with Crippen molar-refractivity contribution in [2.24, 2.45) is 4.99 Å². The summed E-state index contributed by atoms with van der Waals surface area (Å²) in [6.45, 7) is 4.15. The van der Waals surface area contributed by atoms with Gasteiger partial charge in [-0.25, -0.2) is 9.59 Å². The molecule has 0 aliphatic carbocycles. The number of benzene rings is 4. The Bertz CT molecular complexity index is 1530. The average Bonchev–Trinajstić information content (AvgIpc) is 3.02. The van der Waals surface area contributed by atoms with E-state index in [-0.39, 0.29) is 0 Å². The molecular formula is C35H29NO5. The predicted molar refractivity (Wildman–Crippen MR) is 160 cm³/mol. The maximum absolute atomic E-state index is 12.5. The van der Waals surface area contributed by atoms with Crippen molar-refractivity contribution in [1.82, 2.24) is 0 Å². The van der Waals surface area contributed by atoms with Gasteiger partial charge in [-0.15, -0.1) is 0 Å². The molecular weight excluding hydrogens is 514 g/mol. The van der Waals surface area contributed by atoms with Crippen LogP contribution in [0.1, 0.15) is 39.9 Å². The number of ether oxygens (including phenoxy) is 3. The fraction of sp³-hybridized carbons (Fsp3) is 0.114. The van der Waals surface area contributed by atoms with Gasteiger partial charge in [0.25, 0.3) is 0 Å². The van der Waals surface area contributed by atoms with E-state index in [1.54, 1.807) is 36.4 Å². The third kappa shape index (κ3) is 9.68. The number of carbonyl (C=O) groups excluding carboxylic acids is 2. The van der Waals surface area contributed by atoms with Gasteiger partial charge in [-0.05, 0) is 91.2 Å². The first kappa shape index (κ1) is 28.6. The quantitative estimate of drug-likeness (QED) is 0.0511. The average molecular weight is 544 g/mol. The fourth-order valence-corrected chi connectivity index (χ4v) is 3.55. The molecule has 6 nitrogen and oxygen atoms in total. The molecule has 4 aromatic carbocycles. The van der Waals surface area contributed by atoms with Gasteiger partial charge in [0.1, 0.15) is 11.5 Å². The van der Waals surface area contributed by atoms with Crippen LogP contribution in [0.4, 0.5) is 5.69 Å². The molecule has 0 saturated heterocycles. The van der Waals surface area contributed by atoms with Gasteiger partial charge >= 0.3 is 11.9 Å². The number of nitrogens with zero attached hydrogens (tertiary/aromatic N) is 1. The zero-order valence-electron chi connectivity index (χ0n) is 22.5. The van der Waals surface area contributed by atoms with Crippen molar-refractivity contribution in [2.45, 2.75) is 12.8 Å². The lowest BCUT2D eigenvalue weighted by atomic mass is 10.1. The second-order valence-corrected chi connectivity index (χ2v) is 8.83. The van der Waals surface area contributed by atoms with Crippen LogP contribution < -0.4 is 9.47 Å². The molecule has 41 heavy (non-hydrogen) atoms. The highest BCUT2D eigenvalue weighted by molar-refractivity contribution is 5.91. The third-order valence-corrected chi connectivity index (χ3v) is 5.75. The summed E-state index contributed by atoms with van der Waals surface area (Å²) in [5.41, 5.74) is 4.00. The topological polar surface area (TPSA) is 74.2 Å². The Morgan fingerprint density at radius 1 is 0.732 bits per heavy atom. The van der Waals surface area contributed by atoms with Crippen molar-refractivity contribution in [2.75, 3.05) is 13.2 Å². The molecule has 0 aliphatic rings. The van der Waals surface area contributed by atoms with E-state index in [1.807, 2.05) is 72.9 Å². The summed E-state index contributed by atoms with van der Waals surface area (Å²) < 4.78 is 16.1. The van der Waals surface area contributed by atoms with Crippen molar-refractivity contribution >= 4 is 23.8 Å². The molecule has 6 heteroatoms. The first-order valence-electron chi connectivity index (χ1n) is 13.1. The first-order chi connectivity index (χ1) is 20.1. The number of hydrogen-bond donors (Lipinski definition) is 0. The molecule has 0 aliphatic heterocycles. The van der Waals surface area contributed by atoms with E-state index in [1.165, 1.54) is 0 Å². The van der Waals surface area contributed by atoms with Crippen molar-refractivity contribution in [3.05, 3.63) is 138 Å². The molecule has 4 aromatic rings. The van der Waals surface area contributed by atoms with Gasteiger partial charge in [-0.2, -0.15) is 0 Å². The second-order valence-electron chi connectivity index (χ2n) is 8.83. The summed E-state index contributed by atoms with van der Waals surface area (Å²) >= 11 is 0. The van der Waals surface area contributed by atoms with Crippen molar-refractivity contribution in [3.63, 3.8) is 0 Å². The molecule has 0 aromatic heterocycles. The van der Waals surface area contributed by atoms with Crippen molar-refractivity contribution in [3.8, 4) is 23.3 Å². The van der Waals surface area contributed by atoms with E-state index in [0.29, 0.717) is 36.7 Å². The minimum atomic E-state index is -0.463. The fourth-order valence-electron chi connectivity index (χ4n) is 3.55. The van der Waals surface area contributed by atoms with Crippen LogP contribution in [0.2, 0.25) is 0 Å². The van der Waals surface area contributed by atoms with E-state index >= 15 is 0 Å². The standard InChI is InChI=1S/C35H29NO5/c1-2-34(37)40-25-7-6-24-39-32-22-18-30(19-23-32)35(38)41-33-20-16-28(17-21-33)11-10-27-12-14-29(15-13-27)26-36-31-8-4-3-5-9-31/h2-5,8-9,12-23,26H,1,6-7,24-25H2/b36-26+. The Morgan fingerprint density at radius 3 is 2.00 bits per heavy atom. The Kier molecular flexibility index (Phi) is 10.6. The van der Waals surface area contributed by atoms with Gasteiger partial charge in [0.15, 0.2) is 0 Å². The maximum atomic E-state index is 12.5. The Balaban J connectivity index is 1.22. The molecule has 0 spiro atoms. The van der Waals surface area contributed by atoms with Crippen LogP contribution in [-0.2, 0) is 9.53 Å². The molecule has 0 bridgehead atoms. The lowest BCUT2D eigenvalue weighted by Crippen LogP contribution is -2.08. The lowest BCUT2D eigenvalue weighted by molar-refractivity contribution is -0.137. The van der Waals surface area contributed by atoms with Crippen LogP contribution in [0.15, 0.2) is 121 Å². The molecule has 0 N–H and O–H groups in total. The van der Waals surface area contributed by atoms with Gasteiger partial charge in [0, 0.05) is 23.4 Å². The number of para-hydroxylation sites is 1. The number of rotatable bonds is 11. The Hall–Kier alpha value is -5.41. The number of carbonyl (C=O) groups is 2. The largest absolute Gasteiger partial charge is 0.494 e. The molecule has 0 radical (unpaired) electrons. The van der Waals surface area contributed by atoms with Crippen LogP contribution in [0.3, 0.4) is 0 Å². The van der Waals surface area contributed by atoms with E-state index < -0.39 is 11.9 Å². The minimum absolute atomic E-state index is 0.326. The van der Waals surface area contributed by atoms with Crippen LogP contribution in [0.25, 0.3) is 0 Å². The van der Waals surface area contributed by atoms with Crippen molar-refractivity contribution < 1.29 is 23.8 Å². The normalized spacial score (nSPS) is 10.3. The minimum Gasteiger partial charge on any atom is -0.494 e. The van der Waals surface area contributed by atoms with Gasteiger partial charge in [0.05, 0.1) is 24.5 Å². The van der Waals surface area contributed by atoms with Gasteiger partial charge in [0.2, 0.25) is 0 Å². The zero-order valence-corrected chi connectivity index (χ0v) is 22.5. The van der Waals surface area contributed by atoms with Crippen LogP contribution in [-0.4, -0.2) is 31.4 Å². The molecule has 0 atom stereocenters. The SMILES string of the molecule is C=CC(=O)OCCCCOc1ccc(C(=O)Oc2ccc(C#Cc3ccc(/C=N/c4ccccc4)cc3)cc2)cc1. The van der Waals surface area contributed by atoms with Gasteiger partial charge < -0.3 is 14.2 Å². The number of hydrogen-bond acceptors (Lipinski definition) is 6. The molecule has 0 fully saturated rings. The molecule has 0 unspecified atom stereocenters. The van der Waals surface area contributed by atoms with Crippen molar-refractivity contribution in [1.29, 1.82) is 0 Å². The smallest absolute Gasteiger partial charge is 0.343 e. The maximum Gasteiger partial charge on any atom is 0.343 e. The van der Waals surface area contributed by atoms with E-state index in [2.05, 4.69) is 23.4 Å². The molecule has 204 valence electrons. The molecule has 0 heterocycles. The highest BCUT2D eigenvalue weighted by Crippen LogP contribution is 2.17. The van der Waals surface area contributed by atoms with E-state index in [4.69, 9.17) is 14.2 Å². The van der Waals surface area contributed by atoms with Gasteiger partial charge in [-0.3, -0.25) is 4.99 Å². The summed E-state index contributed by atoms with van der Waals surface area (Å²) in [4.78, 5) is 28.0. The summed E-state index contributed by atoms with van der Waals surface area (Å²) in [6.07, 6.45) is 4.38. The van der Waals surface area contributed by atoms with Crippen LogP contribution in [0.5, 0.6) is 11.5 Å². The van der Waals surface area contributed by atoms with E-state index in [0.717, 1.165) is 34.9 Å². The highest BCUT2D eigenvalue weighted by Gasteiger charge is 2.09. The van der Waals surface area contributed by atoms with E-state index in [9.17, 15) is 9.59 Å². The molecule has 0 saturated carbocycles. The third-order valence-electron chi connectivity index (χ3n) is 5.75. The number of aliphatic imine (C=N–C) groups is 1. The number of esters is 2. The van der Waals surface area contributed by atoms with Gasteiger partial charge in [-0.1, -0.05) is 48.8 Å². The van der Waals surface area contributed by atoms with Crippen LogP contribution >= 0.6 is 0 Å². The predicted octanol–water partition coefficient (Wildman–Crippen LogP) is 6.94. The summed E-state index contributed by atoms with van der Waals surface area (Å²) in [6, 6.07) is 31.4. The summed E-state index contributed by atoms with van der Waals surface area (Å²) in [5, 5.41) is 0. The summed E-state index contributed by atoms with van der Waals surface area (Å²) in [5.74, 6) is 6.46. The Labute approximate surface area is 239 Å². The summed E-state index contributed by atoms with van der Waals surface area (Å²) in [7, 11) is 0. The Morgan fingerprint density at radius 2 is 1.34 bits per heavy atom. The number of unbranched alkanes of at least 4 members (excludes halogenated alkanes) is 1. The second kappa shape index (κ2) is 15.2. The molecule has 0 amide bonds. The molecule has 4 rings (SSSR count). The monoisotopic (exact) mass is 543 g/mol.